The Morgan fingerprint density at radius 2 is 2.20 bits per heavy atom. The number of carbonyl (C=O) groups excluding carboxylic acids is 1. The van der Waals surface area contributed by atoms with Crippen molar-refractivity contribution in [3.05, 3.63) is 18.2 Å². The van der Waals surface area contributed by atoms with E-state index in [0.717, 1.165) is 48.0 Å². The van der Waals surface area contributed by atoms with Gasteiger partial charge in [0.05, 0.1) is 10.2 Å². The second-order valence-corrected chi connectivity index (χ2v) is 6.57. The summed E-state index contributed by atoms with van der Waals surface area (Å²) in [5, 5.41) is 3.69. The van der Waals surface area contributed by atoms with Gasteiger partial charge in [0.1, 0.15) is 0 Å². The standard InChI is InChI=1S/C15H19N3OS/c1-2-15(7-3-4-8-15)13(19)18-14-17-11-6-5-10(16)9-12(11)20-14/h5-6,9H,2-4,7-8,16H2,1H3,(H,17,18,19). The highest BCUT2D eigenvalue weighted by Gasteiger charge is 2.39. The lowest BCUT2D eigenvalue weighted by atomic mass is 9.82. The van der Waals surface area contributed by atoms with Gasteiger partial charge in [-0.3, -0.25) is 4.79 Å². The van der Waals surface area contributed by atoms with E-state index in [0.29, 0.717) is 5.13 Å². The van der Waals surface area contributed by atoms with Gasteiger partial charge in [-0.1, -0.05) is 31.1 Å². The number of anilines is 2. The zero-order valence-electron chi connectivity index (χ0n) is 11.6. The van der Waals surface area contributed by atoms with Crippen molar-refractivity contribution >= 4 is 38.3 Å². The molecule has 3 N–H and O–H groups in total. The molecule has 0 spiro atoms. The molecule has 1 aliphatic rings. The molecule has 1 heterocycles. The molecule has 3 rings (SSSR count). The third-order valence-corrected chi connectivity index (χ3v) is 5.29. The van der Waals surface area contributed by atoms with Crippen LogP contribution in [0.2, 0.25) is 0 Å². The van der Waals surface area contributed by atoms with Crippen LogP contribution in [-0.2, 0) is 4.79 Å². The van der Waals surface area contributed by atoms with Crippen LogP contribution >= 0.6 is 11.3 Å². The minimum absolute atomic E-state index is 0.129. The molecule has 0 radical (unpaired) electrons. The van der Waals surface area contributed by atoms with Crippen LogP contribution in [-0.4, -0.2) is 10.9 Å². The van der Waals surface area contributed by atoms with Crippen molar-refractivity contribution in [2.45, 2.75) is 39.0 Å². The Hall–Kier alpha value is -1.62. The normalized spacial score (nSPS) is 17.4. The summed E-state index contributed by atoms with van der Waals surface area (Å²) in [5.74, 6) is 0.129. The Kier molecular flexibility index (Phi) is 3.38. The maximum absolute atomic E-state index is 12.5. The van der Waals surface area contributed by atoms with Gasteiger partial charge < -0.3 is 11.1 Å². The van der Waals surface area contributed by atoms with Crippen molar-refractivity contribution in [2.24, 2.45) is 5.41 Å². The number of thiazole rings is 1. The van der Waals surface area contributed by atoms with Crippen LogP contribution in [0.4, 0.5) is 10.8 Å². The predicted octanol–water partition coefficient (Wildman–Crippen LogP) is 3.79. The summed E-state index contributed by atoms with van der Waals surface area (Å²) in [4.78, 5) is 17.0. The largest absolute Gasteiger partial charge is 0.399 e. The van der Waals surface area contributed by atoms with E-state index in [4.69, 9.17) is 5.73 Å². The monoisotopic (exact) mass is 289 g/mol. The quantitative estimate of drug-likeness (QED) is 0.845. The van der Waals surface area contributed by atoms with Crippen LogP contribution in [0.25, 0.3) is 10.2 Å². The molecule has 4 nitrogen and oxygen atoms in total. The molecule has 1 aliphatic carbocycles. The highest BCUT2D eigenvalue weighted by atomic mass is 32.1. The number of hydrogen-bond acceptors (Lipinski definition) is 4. The number of aromatic nitrogens is 1. The maximum Gasteiger partial charge on any atom is 0.232 e. The highest BCUT2D eigenvalue weighted by Crippen LogP contribution is 2.42. The topological polar surface area (TPSA) is 68.0 Å². The summed E-state index contributed by atoms with van der Waals surface area (Å²) < 4.78 is 1.01. The zero-order chi connectivity index (χ0) is 14.2. The van der Waals surface area contributed by atoms with E-state index in [-0.39, 0.29) is 11.3 Å². The lowest BCUT2D eigenvalue weighted by Gasteiger charge is -2.25. The van der Waals surface area contributed by atoms with Gasteiger partial charge in [-0.2, -0.15) is 0 Å². The summed E-state index contributed by atoms with van der Waals surface area (Å²) in [5.41, 5.74) is 7.19. The molecular formula is C15H19N3OS. The molecule has 1 aromatic carbocycles. The smallest absolute Gasteiger partial charge is 0.232 e. The third kappa shape index (κ3) is 2.26. The van der Waals surface area contributed by atoms with E-state index < -0.39 is 0 Å². The number of benzene rings is 1. The molecule has 0 unspecified atom stereocenters. The Bertz CT molecular complexity index is 644. The molecule has 0 saturated heterocycles. The zero-order valence-corrected chi connectivity index (χ0v) is 12.4. The van der Waals surface area contributed by atoms with Crippen LogP contribution in [0.5, 0.6) is 0 Å². The first-order valence-electron chi connectivity index (χ1n) is 7.10. The van der Waals surface area contributed by atoms with E-state index in [1.165, 1.54) is 11.3 Å². The van der Waals surface area contributed by atoms with E-state index in [1.54, 1.807) is 0 Å². The molecule has 106 valence electrons. The average Bonchev–Trinajstić information content (AvgIpc) is 3.04. The fourth-order valence-electron chi connectivity index (χ4n) is 3.02. The van der Waals surface area contributed by atoms with Gasteiger partial charge in [-0.05, 0) is 37.5 Å². The third-order valence-electron chi connectivity index (χ3n) is 4.35. The number of nitrogens with two attached hydrogens (primary N) is 1. The number of hydrogen-bond donors (Lipinski definition) is 2. The van der Waals surface area contributed by atoms with Gasteiger partial charge >= 0.3 is 0 Å². The molecule has 5 heteroatoms. The number of nitrogens with zero attached hydrogens (tertiary/aromatic N) is 1. The minimum atomic E-state index is -0.184. The minimum Gasteiger partial charge on any atom is -0.399 e. The molecule has 1 aromatic heterocycles. The number of fused-ring (bicyclic) bond motifs is 1. The molecule has 0 atom stereocenters. The molecule has 1 fully saturated rings. The number of nitrogens with one attached hydrogen (secondary N) is 1. The summed E-state index contributed by atoms with van der Waals surface area (Å²) in [6.45, 7) is 2.10. The first kappa shape index (κ1) is 13.4. The number of amides is 1. The fraction of sp³-hybridized carbons (Fsp3) is 0.467. The predicted molar refractivity (Wildman–Crippen MR) is 83.9 cm³/mol. The van der Waals surface area contributed by atoms with E-state index in [1.807, 2.05) is 18.2 Å². The van der Waals surface area contributed by atoms with Crippen LogP contribution < -0.4 is 11.1 Å². The average molecular weight is 289 g/mol. The Morgan fingerprint density at radius 3 is 2.90 bits per heavy atom. The fourth-order valence-corrected chi connectivity index (χ4v) is 3.93. The summed E-state index contributed by atoms with van der Waals surface area (Å²) in [6.07, 6.45) is 5.19. The number of carbonyl (C=O) groups is 1. The first-order chi connectivity index (χ1) is 9.63. The number of nitrogen functional groups attached to an aromatic ring is 1. The van der Waals surface area contributed by atoms with Crippen LogP contribution in [0, 0.1) is 5.41 Å². The van der Waals surface area contributed by atoms with Gasteiger partial charge in [0.25, 0.3) is 0 Å². The lowest BCUT2D eigenvalue weighted by Crippen LogP contribution is -2.33. The SMILES string of the molecule is CCC1(C(=O)Nc2nc3ccc(N)cc3s2)CCCC1. The highest BCUT2D eigenvalue weighted by molar-refractivity contribution is 7.22. The molecule has 2 aromatic rings. The van der Waals surface area contributed by atoms with Gasteiger partial charge in [0, 0.05) is 11.1 Å². The van der Waals surface area contributed by atoms with Crippen molar-refractivity contribution in [1.29, 1.82) is 0 Å². The van der Waals surface area contributed by atoms with E-state index in [9.17, 15) is 4.79 Å². The second kappa shape index (κ2) is 5.05. The van der Waals surface area contributed by atoms with Crippen molar-refractivity contribution in [1.82, 2.24) is 4.98 Å². The lowest BCUT2D eigenvalue weighted by molar-refractivity contribution is -0.125. The molecule has 0 bridgehead atoms. The van der Waals surface area contributed by atoms with Crippen molar-refractivity contribution in [3.63, 3.8) is 0 Å². The van der Waals surface area contributed by atoms with Gasteiger partial charge in [-0.25, -0.2) is 4.98 Å². The van der Waals surface area contributed by atoms with E-state index in [2.05, 4.69) is 17.2 Å². The van der Waals surface area contributed by atoms with Crippen molar-refractivity contribution < 1.29 is 4.79 Å². The number of rotatable bonds is 3. The van der Waals surface area contributed by atoms with Gasteiger partial charge in [0.2, 0.25) is 5.91 Å². The van der Waals surface area contributed by atoms with Gasteiger partial charge in [0.15, 0.2) is 5.13 Å². The molecule has 20 heavy (non-hydrogen) atoms. The second-order valence-electron chi connectivity index (χ2n) is 5.54. The molecule has 1 amide bonds. The summed E-state index contributed by atoms with van der Waals surface area (Å²) in [7, 11) is 0. The maximum atomic E-state index is 12.5. The van der Waals surface area contributed by atoms with Crippen LogP contribution in [0.3, 0.4) is 0 Å². The molecule has 1 saturated carbocycles. The Balaban J connectivity index is 1.83. The van der Waals surface area contributed by atoms with Crippen molar-refractivity contribution in [3.8, 4) is 0 Å². The van der Waals surface area contributed by atoms with Crippen LogP contribution in [0.15, 0.2) is 18.2 Å². The summed E-state index contributed by atoms with van der Waals surface area (Å²) in [6, 6.07) is 5.62. The van der Waals surface area contributed by atoms with Crippen LogP contribution in [0.1, 0.15) is 39.0 Å². The summed E-state index contributed by atoms with van der Waals surface area (Å²) >= 11 is 1.48. The Labute approximate surface area is 122 Å². The van der Waals surface area contributed by atoms with E-state index >= 15 is 0 Å². The molecular weight excluding hydrogens is 270 g/mol. The van der Waals surface area contributed by atoms with Crippen molar-refractivity contribution in [2.75, 3.05) is 11.1 Å². The molecule has 0 aliphatic heterocycles. The van der Waals surface area contributed by atoms with Gasteiger partial charge in [-0.15, -0.1) is 0 Å². The Morgan fingerprint density at radius 1 is 1.45 bits per heavy atom. The first-order valence-corrected chi connectivity index (χ1v) is 7.92.